The van der Waals surface area contributed by atoms with Crippen LogP contribution in [0, 0.1) is 11.3 Å². The Morgan fingerprint density at radius 2 is 1.61 bits per heavy atom. The minimum atomic E-state index is -0.449. The Bertz CT molecular complexity index is 1600. The summed E-state index contributed by atoms with van der Waals surface area (Å²) in [6.45, 7) is 2.14. The zero-order valence-corrected chi connectivity index (χ0v) is 20.8. The van der Waals surface area contributed by atoms with Crippen LogP contribution >= 0.6 is 11.3 Å². The molecule has 7 rings (SSSR count). The highest BCUT2D eigenvalue weighted by molar-refractivity contribution is 7.14. The SMILES string of the molecule is CC1(C(=O)Nc2nc(-c3cccc4ccccc34)cs2)CC2c3ccccc3C(c3ccccc3)C21. The van der Waals surface area contributed by atoms with Gasteiger partial charge in [-0.15, -0.1) is 11.3 Å². The number of hydrogen-bond donors (Lipinski definition) is 1. The van der Waals surface area contributed by atoms with E-state index in [0.29, 0.717) is 11.0 Å². The first kappa shape index (κ1) is 21.5. The van der Waals surface area contributed by atoms with Crippen LogP contribution in [0.25, 0.3) is 22.0 Å². The molecule has 0 saturated heterocycles. The van der Waals surface area contributed by atoms with Gasteiger partial charge in [-0.1, -0.05) is 104 Å². The number of carbonyl (C=O) groups excluding carboxylic acids is 1. The molecule has 2 aliphatic carbocycles. The lowest BCUT2D eigenvalue weighted by atomic mass is 9.51. The average Bonchev–Trinajstić information content (AvgIpc) is 3.49. The normalized spacial score (nSPS) is 24.1. The molecule has 176 valence electrons. The van der Waals surface area contributed by atoms with Gasteiger partial charge in [0.1, 0.15) is 0 Å². The number of rotatable bonds is 4. The summed E-state index contributed by atoms with van der Waals surface area (Å²) in [6, 6.07) is 34.1. The fraction of sp³-hybridized carbons (Fsp3) is 0.188. The molecule has 0 radical (unpaired) electrons. The third kappa shape index (κ3) is 3.17. The quantitative estimate of drug-likeness (QED) is 0.281. The molecule has 5 aromatic rings. The molecule has 1 amide bonds. The zero-order chi connectivity index (χ0) is 24.3. The van der Waals surface area contributed by atoms with Gasteiger partial charge in [-0.05, 0) is 45.7 Å². The fourth-order valence-corrected chi connectivity index (χ4v) is 7.37. The molecule has 0 aliphatic heterocycles. The maximum Gasteiger partial charge on any atom is 0.232 e. The van der Waals surface area contributed by atoms with Crippen LogP contribution < -0.4 is 5.32 Å². The van der Waals surface area contributed by atoms with Gasteiger partial charge in [0.2, 0.25) is 5.91 Å². The molecular formula is C32H26N2OS. The smallest absolute Gasteiger partial charge is 0.232 e. The first-order chi connectivity index (χ1) is 17.6. The van der Waals surface area contributed by atoms with Gasteiger partial charge in [0.25, 0.3) is 0 Å². The first-order valence-corrected chi connectivity index (χ1v) is 13.4. The van der Waals surface area contributed by atoms with Crippen molar-refractivity contribution in [1.82, 2.24) is 4.98 Å². The van der Waals surface area contributed by atoms with E-state index < -0.39 is 5.41 Å². The van der Waals surface area contributed by atoms with Crippen molar-refractivity contribution in [2.45, 2.75) is 25.2 Å². The minimum Gasteiger partial charge on any atom is -0.301 e. The lowest BCUT2D eigenvalue weighted by Crippen LogP contribution is -2.52. The maximum absolute atomic E-state index is 13.8. The second-order valence-electron chi connectivity index (χ2n) is 10.3. The maximum atomic E-state index is 13.8. The standard InChI is InChI=1S/C32H26N2OS/c1-32(18-26-23-15-7-8-16-25(23)28(29(26)32)21-11-3-2-4-12-21)30(35)34-31-33-27(19-36-31)24-17-9-13-20-10-5-6-14-22(20)24/h2-17,19,26,28-29H,18H2,1H3,(H,33,34,35). The van der Waals surface area contributed by atoms with Crippen molar-refractivity contribution in [1.29, 1.82) is 0 Å². The van der Waals surface area contributed by atoms with Crippen LogP contribution in [0.1, 0.15) is 41.9 Å². The van der Waals surface area contributed by atoms with E-state index in [0.717, 1.165) is 17.7 Å². The van der Waals surface area contributed by atoms with E-state index in [1.165, 1.54) is 38.8 Å². The summed E-state index contributed by atoms with van der Waals surface area (Å²) in [6.07, 6.45) is 0.866. The summed E-state index contributed by atoms with van der Waals surface area (Å²) in [4.78, 5) is 18.6. The average molecular weight is 487 g/mol. The zero-order valence-electron chi connectivity index (χ0n) is 20.0. The number of nitrogens with zero attached hydrogens (tertiary/aromatic N) is 1. The lowest BCUT2D eigenvalue weighted by molar-refractivity contribution is -0.136. The van der Waals surface area contributed by atoms with Crippen LogP contribution in [0.5, 0.6) is 0 Å². The van der Waals surface area contributed by atoms with E-state index >= 15 is 0 Å². The Morgan fingerprint density at radius 1 is 0.889 bits per heavy atom. The number of carbonyl (C=O) groups is 1. The highest BCUT2D eigenvalue weighted by atomic mass is 32.1. The number of nitrogens with one attached hydrogen (secondary N) is 1. The number of benzene rings is 4. The van der Waals surface area contributed by atoms with E-state index in [-0.39, 0.29) is 17.7 Å². The number of fused-ring (bicyclic) bond motifs is 4. The number of thiazole rings is 1. The summed E-state index contributed by atoms with van der Waals surface area (Å²) in [5.41, 5.74) is 5.63. The van der Waals surface area contributed by atoms with Crippen LogP contribution in [-0.4, -0.2) is 10.9 Å². The molecule has 1 N–H and O–H groups in total. The van der Waals surface area contributed by atoms with Crippen molar-refractivity contribution in [3.63, 3.8) is 0 Å². The summed E-state index contributed by atoms with van der Waals surface area (Å²) >= 11 is 1.50. The van der Waals surface area contributed by atoms with Crippen LogP contribution in [0.15, 0.2) is 102 Å². The molecule has 0 spiro atoms. The Labute approximate surface area is 214 Å². The number of aromatic nitrogens is 1. The number of amides is 1. The van der Waals surface area contributed by atoms with Crippen molar-refractivity contribution >= 4 is 33.1 Å². The molecule has 4 atom stereocenters. The molecule has 36 heavy (non-hydrogen) atoms. The van der Waals surface area contributed by atoms with Crippen molar-refractivity contribution in [3.05, 3.63) is 119 Å². The van der Waals surface area contributed by atoms with Gasteiger partial charge in [0, 0.05) is 16.9 Å². The Kier molecular flexibility index (Phi) is 4.87. The fourth-order valence-electron chi connectivity index (χ4n) is 6.67. The van der Waals surface area contributed by atoms with Gasteiger partial charge in [-0.25, -0.2) is 4.98 Å². The highest BCUT2D eigenvalue weighted by Gasteiger charge is 2.62. The van der Waals surface area contributed by atoms with Crippen LogP contribution in [0.3, 0.4) is 0 Å². The highest BCUT2D eigenvalue weighted by Crippen LogP contribution is 2.68. The van der Waals surface area contributed by atoms with Crippen LogP contribution in [0.4, 0.5) is 5.13 Å². The van der Waals surface area contributed by atoms with Crippen molar-refractivity contribution < 1.29 is 4.79 Å². The van der Waals surface area contributed by atoms with Gasteiger partial charge in [-0.2, -0.15) is 0 Å². The molecule has 1 heterocycles. The van der Waals surface area contributed by atoms with E-state index in [4.69, 9.17) is 4.98 Å². The molecule has 0 bridgehead atoms. The topological polar surface area (TPSA) is 42.0 Å². The van der Waals surface area contributed by atoms with Gasteiger partial charge in [0.15, 0.2) is 5.13 Å². The monoisotopic (exact) mass is 486 g/mol. The predicted molar refractivity (Wildman–Crippen MR) is 147 cm³/mol. The molecule has 1 saturated carbocycles. The van der Waals surface area contributed by atoms with E-state index in [2.05, 4.69) is 109 Å². The summed E-state index contributed by atoms with van der Waals surface area (Å²) < 4.78 is 0. The molecule has 4 heteroatoms. The van der Waals surface area contributed by atoms with E-state index in [1.807, 2.05) is 5.38 Å². The molecule has 1 fully saturated rings. The summed E-state index contributed by atoms with van der Waals surface area (Å²) in [7, 11) is 0. The summed E-state index contributed by atoms with van der Waals surface area (Å²) in [5, 5.41) is 8.27. The Hall–Kier alpha value is -3.76. The number of anilines is 1. The number of hydrogen-bond acceptors (Lipinski definition) is 3. The van der Waals surface area contributed by atoms with Gasteiger partial charge >= 0.3 is 0 Å². The third-order valence-corrected chi connectivity index (χ3v) is 9.13. The van der Waals surface area contributed by atoms with Crippen molar-refractivity contribution in [2.75, 3.05) is 5.32 Å². The molecular weight excluding hydrogens is 460 g/mol. The van der Waals surface area contributed by atoms with E-state index in [9.17, 15) is 4.79 Å². The van der Waals surface area contributed by atoms with Crippen LogP contribution in [0.2, 0.25) is 0 Å². The van der Waals surface area contributed by atoms with Gasteiger partial charge in [0.05, 0.1) is 11.1 Å². The molecule has 1 aromatic heterocycles. The first-order valence-electron chi connectivity index (χ1n) is 12.5. The van der Waals surface area contributed by atoms with Gasteiger partial charge < -0.3 is 5.32 Å². The molecule has 4 aromatic carbocycles. The molecule has 3 nitrogen and oxygen atoms in total. The van der Waals surface area contributed by atoms with Gasteiger partial charge in [-0.3, -0.25) is 4.79 Å². The van der Waals surface area contributed by atoms with Crippen LogP contribution in [-0.2, 0) is 4.79 Å². The predicted octanol–water partition coefficient (Wildman–Crippen LogP) is 7.86. The summed E-state index contributed by atoms with van der Waals surface area (Å²) in [5.74, 6) is 0.982. The molecule has 2 aliphatic rings. The minimum absolute atomic E-state index is 0.0799. The van der Waals surface area contributed by atoms with E-state index in [1.54, 1.807) is 0 Å². The van der Waals surface area contributed by atoms with Crippen molar-refractivity contribution in [3.8, 4) is 11.3 Å². The van der Waals surface area contributed by atoms with Crippen molar-refractivity contribution in [2.24, 2.45) is 11.3 Å². The molecule has 4 unspecified atom stereocenters. The third-order valence-electron chi connectivity index (χ3n) is 8.37. The largest absolute Gasteiger partial charge is 0.301 e. The second kappa shape index (κ2) is 8.14. The Morgan fingerprint density at radius 3 is 2.47 bits per heavy atom. The lowest BCUT2D eigenvalue weighted by Gasteiger charge is -2.51. The second-order valence-corrected chi connectivity index (χ2v) is 11.1. The Balaban J connectivity index is 1.19.